The van der Waals surface area contributed by atoms with E-state index in [4.69, 9.17) is 0 Å². The minimum atomic E-state index is -3.35. The van der Waals surface area contributed by atoms with Gasteiger partial charge in [0.05, 0.1) is 12.4 Å². The summed E-state index contributed by atoms with van der Waals surface area (Å²) in [6.45, 7) is 2.93. The SMILES string of the molecule is CCOS(=O)(=O)CCNCc1ccccc1. The first kappa shape index (κ1) is 13.2. The Morgan fingerprint density at radius 2 is 1.94 bits per heavy atom. The number of benzene rings is 1. The van der Waals surface area contributed by atoms with Crippen molar-refractivity contribution in [2.75, 3.05) is 18.9 Å². The Morgan fingerprint density at radius 1 is 1.25 bits per heavy atom. The van der Waals surface area contributed by atoms with Gasteiger partial charge in [-0.2, -0.15) is 8.42 Å². The van der Waals surface area contributed by atoms with Crippen molar-refractivity contribution in [3.05, 3.63) is 35.9 Å². The first-order chi connectivity index (χ1) is 7.64. The van der Waals surface area contributed by atoms with E-state index in [1.807, 2.05) is 30.3 Å². The Morgan fingerprint density at radius 3 is 2.56 bits per heavy atom. The second-order valence-corrected chi connectivity index (χ2v) is 5.09. The van der Waals surface area contributed by atoms with Gasteiger partial charge in [-0.3, -0.25) is 4.18 Å². The number of rotatable bonds is 7. The molecule has 0 saturated carbocycles. The third-order valence-electron chi connectivity index (χ3n) is 2.00. The molecule has 0 aromatic heterocycles. The average molecular weight is 243 g/mol. The highest BCUT2D eigenvalue weighted by atomic mass is 32.2. The molecule has 0 radical (unpaired) electrons. The molecule has 0 amide bonds. The molecular weight excluding hydrogens is 226 g/mol. The van der Waals surface area contributed by atoms with Gasteiger partial charge in [-0.05, 0) is 12.5 Å². The summed E-state index contributed by atoms with van der Waals surface area (Å²) >= 11 is 0. The van der Waals surface area contributed by atoms with Crippen LogP contribution >= 0.6 is 0 Å². The molecular formula is C11H17NO3S. The molecule has 0 aliphatic carbocycles. The van der Waals surface area contributed by atoms with Crippen LogP contribution in [0.4, 0.5) is 0 Å². The topological polar surface area (TPSA) is 55.4 Å². The van der Waals surface area contributed by atoms with Crippen LogP contribution in [0.15, 0.2) is 30.3 Å². The fourth-order valence-corrected chi connectivity index (χ4v) is 2.14. The van der Waals surface area contributed by atoms with Crippen LogP contribution in [0.5, 0.6) is 0 Å². The third kappa shape index (κ3) is 5.25. The van der Waals surface area contributed by atoms with E-state index in [1.165, 1.54) is 0 Å². The zero-order valence-corrected chi connectivity index (χ0v) is 10.2. The molecule has 5 heteroatoms. The van der Waals surface area contributed by atoms with Gasteiger partial charge < -0.3 is 5.32 Å². The van der Waals surface area contributed by atoms with Crippen molar-refractivity contribution in [2.24, 2.45) is 0 Å². The molecule has 0 aliphatic heterocycles. The summed E-state index contributed by atoms with van der Waals surface area (Å²) in [7, 11) is -3.35. The van der Waals surface area contributed by atoms with Gasteiger partial charge in [-0.15, -0.1) is 0 Å². The fraction of sp³-hybridized carbons (Fsp3) is 0.455. The molecule has 0 aliphatic rings. The van der Waals surface area contributed by atoms with Crippen molar-refractivity contribution in [3.8, 4) is 0 Å². The molecule has 1 rings (SSSR count). The van der Waals surface area contributed by atoms with E-state index in [2.05, 4.69) is 9.50 Å². The smallest absolute Gasteiger partial charge is 0.268 e. The van der Waals surface area contributed by atoms with Gasteiger partial charge in [0.1, 0.15) is 0 Å². The number of hydrogen-bond acceptors (Lipinski definition) is 4. The summed E-state index contributed by atoms with van der Waals surface area (Å²) in [4.78, 5) is 0. The monoisotopic (exact) mass is 243 g/mol. The average Bonchev–Trinajstić information content (AvgIpc) is 2.26. The molecule has 0 unspecified atom stereocenters. The number of nitrogens with one attached hydrogen (secondary N) is 1. The van der Waals surface area contributed by atoms with Crippen LogP contribution in [0.2, 0.25) is 0 Å². The molecule has 0 saturated heterocycles. The highest BCUT2D eigenvalue weighted by Gasteiger charge is 2.08. The van der Waals surface area contributed by atoms with Crippen LogP contribution in [-0.4, -0.2) is 27.3 Å². The predicted molar refractivity (Wildman–Crippen MR) is 63.6 cm³/mol. The summed E-state index contributed by atoms with van der Waals surface area (Å²) in [5.74, 6) is 0.00761. The molecule has 4 nitrogen and oxygen atoms in total. The van der Waals surface area contributed by atoms with Crippen molar-refractivity contribution < 1.29 is 12.6 Å². The van der Waals surface area contributed by atoms with E-state index >= 15 is 0 Å². The Bertz CT molecular complexity index is 389. The van der Waals surface area contributed by atoms with E-state index in [0.29, 0.717) is 13.1 Å². The zero-order chi connectivity index (χ0) is 11.9. The molecule has 0 spiro atoms. The van der Waals surface area contributed by atoms with Crippen molar-refractivity contribution >= 4 is 10.1 Å². The highest BCUT2D eigenvalue weighted by Crippen LogP contribution is 1.97. The van der Waals surface area contributed by atoms with Crippen molar-refractivity contribution in [2.45, 2.75) is 13.5 Å². The van der Waals surface area contributed by atoms with Crippen LogP contribution in [0.3, 0.4) is 0 Å². The summed E-state index contributed by atoms with van der Waals surface area (Å²) in [5.41, 5.74) is 1.14. The molecule has 0 bridgehead atoms. The quantitative estimate of drug-likeness (QED) is 0.576. The predicted octanol–water partition coefficient (Wildman–Crippen LogP) is 1.14. The van der Waals surface area contributed by atoms with Crippen LogP contribution in [-0.2, 0) is 20.8 Å². The molecule has 0 atom stereocenters. The zero-order valence-electron chi connectivity index (χ0n) is 9.35. The summed E-state index contributed by atoms with van der Waals surface area (Å²) in [6.07, 6.45) is 0. The lowest BCUT2D eigenvalue weighted by Gasteiger charge is -2.05. The lowest BCUT2D eigenvalue weighted by atomic mass is 10.2. The summed E-state index contributed by atoms with van der Waals surface area (Å²) in [5, 5.41) is 3.06. The van der Waals surface area contributed by atoms with Crippen LogP contribution < -0.4 is 5.32 Å². The maximum atomic E-state index is 11.2. The van der Waals surface area contributed by atoms with E-state index < -0.39 is 10.1 Å². The number of hydrogen-bond donors (Lipinski definition) is 1. The molecule has 0 fully saturated rings. The lowest BCUT2D eigenvalue weighted by Crippen LogP contribution is -2.23. The lowest BCUT2D eigenvalue weighted by molar-refractivity contribution is 0.337. The molecule has 16 heavy (non-hydrogen) atoms. The van der Waals surface area contributed by atoms with E-state index in [-0.39, 0.29) is 12.4 Å². The second-order valence-electron chi connectivity index (χ2n) is 3.33. The molecule has 1 aromatic carbocycles. The molecule has 1 N–H and O–H groups in total. The first-order valence-corrected chi connectivity index (χ1v) is 6.83. The second kappa shape index (κ2) is 6.62. The van der Waals surface area contributed by atoms with Gasteiger partial charge in [-0.1, -0.05) is 30.3 Å². The van der Waals surface area contributed by atoms with Gasteiger partial charge in [0.25, 0.3) is 10.1 Å². The Balaban J connectivity index is 2.22. The highest BCUT2D eigenvalue weighted by molar-refractivity contribution is 7.86. The maximum Gasteiger partial charge on any atom is 0.268 e. The largest absolute Gasteiger partial charge is 0.312 e. The summed E-state index contributed by atoms with van der Waals surface area (Å²) < 4.78 is 27.0. The standard InChI is InChI=1S/C11H17NO3S/c1-2-15-16(13,14)9-8-12-10-11-6-4-3-5-7-11/h3-7,12H,2,8-10H2,1H3. The van der Waals surface area contributed by atoms with Gasteiger partial charge in [0.2, 0.25) is 0 Å². The van der Waals surface area contributed by atoms with Crippen LogP contribution in [0.1, 0.15) is 12.5 Å². The Labute approximate surface area is 96.8 Å². The van der Waals surface area contributed by atoms with E-state index in [0.717, 1.165) is 5.56 Å². The van der Waals surface area contributed by atoms with Crippen molar-refractivity contribution in [1.82, 2.24) is 5.32 Å². The molecule has 0 heterocycles. The Kier molecular flexibility index (Phi) is 5.45. The van der Waals surface area contributed by atoms with Crippen LogP contribution in [0.25, 0.3) is 0 Å². The van der Waals surface area contributed by atoms with Crippen LogP contribution in [0, 0.1) is 0 Å². The third-order valence-corrected chi connectivity index (χ3v) is 3.30. The maximum absolute atomic E-state index is 11.2. The summed E-state index contributed by atoms with van der Waals surface area (Å²) in [6, 6.07) is 9.83. The van der Waals surface area contributed by atoms with Gasteiger partial charge in [-0.25, -0.2) is 0 Å². The minimum Gasteiger partial charge on any atom is -0.312 e. The first-order valence-electron chi connectivity index (χ1n) is 5.26. The van der Waals surface area contributed by atoms with Gasteiger partial charge >= 0.3 is 0 Å². The molecule has 90 valence electrons. The Hall–Kier alpha value is -0.910. The van der Waals surface area contributed by atoms with Crippen molar-refractivity contribution in [3.63, 3.8) is 0 Å². The van der Waals surface area contributed by atoms with E-state index in [1.54, 1.807) is 6.92 Å². The van der Waals surface area contributed by atoms with Gasteiger partial charge in [0, 0.05) is 13.1 Å². The molecule has 1 aromatic rings. The minimum absolute atomic E-state index is 0.00761. The van der Waals surface area contributed by atoms with Crippen molar-refractivity contribution in [1.29, 1.82) is 0 Å². The normalized spacial score (nSPS) is 11.6. The van der Waals surface area contributed by atoms with E-state index in [9.17, 15) is 8.42 Å². The van der Waals surface area contributed by atoms with Gasteiger partial charge in [0.15, 0.2) is 0 Å². The fourth-order valence-electron chi connectivity index (χ4n) is 1.26.